The minimum atomic E-state index is -1.95. The topological polar surface area (TPSA) is 72.6 Å². The minimum Gasteiger partial charge on any atom is -0.458 e. The van der Waals surface area contributed by atoms with Crippen molar-refractivity contribution < 1.29 is 14.6 Å². The molecule has 4 nitrogen and oxygen atoms in total. The Kier molecular flexibility index (Phi) is 1.47. The number of carbonyl (C=O) groups is 1. The van der Waals surface area contributed by atoms with Gasteiger partial charge in [0.1, 0.15) is 0 Å². The summed E-state index contributed by atoms with van der Waals surface area (Å²) in [6.07, 6.45) is 5.39. The van der Waals surface area contributed by atoms with Gasteiger partial charge in [-0.05, 0) is 12.2 Å². The molecule has 1 amide bonds. The van der Waals surface area contributed by atoms with Gasteiger partial charge in [0.25, 0.3) is 5.91 Å². The number of ether oxygens (including phenoxy) is 1. The third-order valence-corrected chi connectivity index (χ3v) is 1.11. The smallest absolute Gasteiger partial charge is 0.308 e. The van der Waals surface area contributed by atoms with Gasteiger partial charge in [-0.25, -0.2) is 0 Å². The fourth-order valence-corrected chi connectivity index (χ4v) is 0.554. The monoisotopic (exact) mass is 141 g/mol. The van der Waals surface area contributed by atoms with Crippen molar-refractivity contribution in [2.75, 3.05) is 0 Å². The maximum absolute atomic E-state index is 10.4. The third-order valence-electron chi connectivity index (χ3n) is 1.11. The molecule has 1 atom stereocenters. The molecule has 3 N–H and O–H groups in total. The van der Waals surface area contributed by atoms with Crippen LogP contribution in [0.15, 0.2) is 24.5 Å². The van der Waals surface area contributed by atoms with Crippen molar-refractivity contribution in [2.45, 2.75) is 5.79 Å². The van der Waals surface area contributed by atoms with Crippen LogP contribution in [-0.2, 0) is 9.53 Å². The first-order valence-corrected chi connectivity index (χ1v) is 2.69. The summed E-state index contributed by atoms with van der Waals surface area (Å²) in [7, 11) is 0. The zero-order chi connectivity index (χ0) is 7.61. The van der Waals surface area contributed by atoms with Crippen LogP contribution in [-0.4, -0.2) is 16.8 Å². The minimum absolute atomic E-state index is 0.923. The van der Waals surface area contributed by atoms with E-state index in [1.165, 1.54) is 24.5 Å². The zero-order valence-electron chi connectivity index (χ0n) is 5.15. The van der Waals surface area contributed by atoms with E-state index < -0.39 is 11.7 Å². The highest BCUT2D eigenvalue weighted by Gasteiger charge is 2.32. The molecule has 1 aliphatic rings. The molecule has 0 radical (unpaired) electrons. The van der Waals surface area contributed by atoms with Crippen molar-refractivity contribution in [1.29, 1.82) is 0 Å². The Morgan fingerprint density at radius 2 is 2.30 bits per heavy atom. The summed E-state index contributed by atoms with van der Waals surface area (Å²) in [6, 6.07) is 0. The van der Waals surface area contributed by atoms with Crippen LogP contribution in [0.1, 0.15) is 0 Å². The van der Waals surface area contributed by atoms with Gasteiger partial charge in [-0.3, -0.25) is 4.79 Å². The van der Waals surface area contributed by atoms with Crippen LogP contribution in [0.3, 0.4) is 0 Å². The summed E-state index contributed by atoms with van der Waals surface area (Å²) in [6.45, 7) is 0. The van der Waals surface area contributed by atoms with Gasteiger partial charge in [0.15, 0.2) is 0 Å². The molecular weight excluding hydrogens is 134 g/mol. The van der Waals surface area contributed by atoms with E-state index >= 15 is 0 Å². The van der Waals surface area contributed by atoms with Crippen molar-refractivity contribution >= 4 is 5.91 Å². The van der Waals surface area contributed by atoms with E-state index in [1.54, 1.807) is 0 Å². The average Bonchev–Trinajstić information content (AvgIpc) is 1.89. The number of hydrogen-bond acceptors (Lipinski definition) is 3. The highest BCUT2D eigenvalue weighted by molar-refractivity contribution is 5.84. The lowest BCUT2D eigenvalue weighted by Crippen LogP contribution is -2.43. The van der Waals surface area contributed by atoms with E-state index in [2.05, 4.69) is 4.74 Å². The summed E-state index contributed by atoms with van der Waals surface area (Å²) in [5, 5.41) is 9.11. The summed E-state index contributed by atoms with van der Waals surface area (Å²) in [4.78, 5) is 10.4. The summed E-state index contributed by atoms with van der Waals surface area (Å²) < 4.78 is 4.54. The second kappa shape index (κ2) is 2.15. The molecule has 10 heavy (non-hydrogen) atoms. The van der Waals surface area contributed by atoms with E-state index in [0.29, 0.717) is 0 Å². The van der Waals surface area contributed by atoms with Crippen molar-refractivity contribution in [3.8, 4) is 0 Å². The highest BCUT2D eigenvalue weighted by Crippen LogP contribution is 2.12. The van der Waals surface area contributed by atoms with Gasteiger partial charge in [-0.1, -0.05) is 6.08 Å². The van der Waals surface area contributed by atoms with Crippen LogP contribution in [0, 0.1) is 0 Å². The quantitative estimate of drug-likeness (QED) is 0.505. The van der Waals surface area contributed by atoms with Crippen LogP contribution in [0.5, 0.6) is 0 Å². The van der Waals surface area contributed by atoms with Crippen molar-refractivity contribution in [1.82, 2.24) is 0 Å². The molecule has 0 saturated heterocycles. The molecule has 1 heterocycles. The largest absolute Gasteiger partial charge is 0.458 e. The van der Waals surface area contributed by atoms with Crippen molar-refractivity contribution in [2.24, 2.45) is 5.73 Å². The van der Waals surface area contributed by atoms with E-state index in [1.807, 2.05) is 0 Å². The first kappa shape index (κ1) is 6.82. The van der Waals surface area contributed by atoms with E-state index in [-0.39, 0.29) is 0 Å². The van der Waals surface area contributed by atoms with E-state index in [0.717, 1.165) is 0 Å². The molecule has 0 aliphatic carbocycles. The number of aliphatic hydroxyl groups is 1. The predicted molar refractivity (Wildman–Crippen MR) is 33.5 cm³/mol. The molecule has 0 aromatic heterocycles. The number of hydrogen-bond donors (Lipinski definition) is 2. The van der Waals surface area contributed by atoms with Gasteiger partial charge in [0.2, 0.25) is 0 Å². The molecule has 0 saturated carbocycles. The van der Waals surface area contributed by atoms with Crippen LogP contribution in [0.25, 0.3) is 0 Å². The molecule has 4 heteroatoms. The Labute approximate surface area is 57.6 Å². The van der Waals surface area contributed by atoms with Gasteiger partial charge in [0.05, 0.1) is 6.26 Å². The highest BCUT2D eigenvalue weighted by atomic mass is 16.6. The number of primary amides is 1. The standard InChI is InChI=1S/C6H7NO3/c7-5(8)6(9)3-1-2-4-10-6/h1-4,9H,(H2,7,8). The number of nitrogens with two attached hydrogens (primary N) is 1. The summed E-state index contributed by atoms with van der Waals surface area (Å²) in [5.41, 5.74) is 4.80. The van der Waals surface area contributed by atoms with Crippen molar-refractivity contribution in [3.63, 3.8) is 0 Å². The van der Waals surface area contributed by atoms with Gasteiger partial charge in [-0.15, -0.1) is 0 Å². The van der Waals surface area contributed by atoms with Gasteiger partial charge >= 0.3 is 5.79 Å². The second-order valence-electron chi connectivity index (χ2n) is 1.87. The number of allylic oxidation sites excluding steroid dienone is 2. The average molecular weight is 141 g/mol. The maximum Gasteiger partial charge on any atom is 0.308 e. The van der Waals surface area contributed by atoms with E-state index in [4.69, 9.17) is 10.8 Å². The van der Waals surface area contributed by atoms with Gasteiger partial charge in [0, 0.05) is 0 Å². The Bertz CT molecular complexity index is 209. The fourth-order valence-electron chi connectivity index (χ4n) is 0.554. The normalized spacial score (nSPS) is 29.7. The van der Waals surface area contributed by atoms with Gasteiger partial charge in [-0.2, -0.15) is 0 Å². The molecule has 0 aromatic carbocycles. The van der Waals surface area contributed by atoms with Crippen molar-refractivity contribution in [3.05, 3.63) is 24.5 Å². The summed E-state index contributed by atoms with van der Waals surface area (Å²) >= 11 is 0. The number of carbonyl (C=O) groups excluding carboxylic acids is 1. The van der Waals surface area contributed by atoms with Crippen LogP contribution < -0.4 is 5.73 Å². The molecule has 0 aromatic rings. The molecule has 1 unspecified atom stereocenters. The van der Waals surface area contributed by atoms with Gasteiger partial charge < -0.3 is 15.6 Å². The zero-order valence-corrected chi connectivity index (χ0v) is 5.15. The Hall–Kier alpha value is -1.29. The first-order valence-electron chi connectivity index (χ1n) is 2.69. The lowest BCUT2D eigenvalue weighted by molar-refractivity contribution is -0.167. The second-order valence-corrected chi connectivity index (χ2v) is 1.87. The van der Waals surface area contributed by atoms with Crippen LogP contribution >= 0.6 is 0 Å². The Morgan fingerprint density at radius 1 is 1.60 bits per heavy atom. The van der Waals surface area contributed by atoms with Crippen LogP contribution in [0.2, 0.25) is 0 Å². The first-order chi connectivity index (χ1) is 4.65. The molecule has 0 bridgehead atoms. The maximum atomic E-state index is 10.4. The molecule has 1 aliphatic heterocycles. The predicted octanol–water partition coefficient (Wildman–Crippen LogP) is -0.740. The Morgan fingerprint density at radius 3 is 2.60 bits per heavy atom. The lowest BCUT2D eigenvalue weighted by atomic mass is 10.2. The Balaban J connectivity index is 2.80. The third kappa shape index (κ3) is 1.01. The molecule has 0 fully saturated rings. The van der Waals surface area contributed by atoms with Crippen LogP contribution in [0.4, 0.5) is 0 Å². The molecular formula is C6H7NO3. The van der Waals surface area contributed by atoms with E-state index in [9.17, 15) is 4.79 Å². The molecule has 1 rings (SSSR count). The fraction of sp³-hybridized carbons (Fsp3) is 0.167. The summed E-state index contributed by atoms with van der Waals surface area (Å²) in [5.74, 6) is -2.87. The number of rotatable bonds is 1. The number of amides is 1. The lowest BCUT2D eigenvalue weighted by Gasteiger charge is -2.20. The SMILES string of the molecule is NC(=O)C1(O)C=CC=CO1. The molecule has 54 valence electrons. The molecule has 0 spiro atoms.